The van der Waals surface area contributed by atoms with Crippen molar-refractivity contribution in [2.24, 2.45) is 0 Å². The molecule has 0 aliphatic heterocycles. The Morgan fingerprint density at radius 1 is 1.26 bits per heavy atom. The van der Waals surface area contributed by atoms with E-state index in [2.05, 4.69) is 4.74 Å². The summed E-state index contributed by atoms with van der Waals surface area (Å²) in [6.45, 7) is 3.86. The number of ether oxygens (including phenoxy) is 3. The van der Waals surface area contributed by atoms with Gasteiger partial charge in [-0.25, -0.2) is 9.59 Å². The van der Waals surface area contributed by atoms with Gasteiger partial charge >= 0.3 is 11.9 Å². The van der Waals surface area contributed by atoms with Gasteiger partial charge in [-0.15, -0.1) is 0 Å². The minimum atomic E-state index is -0.678. The molecule has 1 rings (SSSR count). The second kappa shape index (κ2) is 7.41. The van der Waals surface area contributed by atoms with E-state index in [0.29, 0.717) is 24.3 Å². The quantitative estimate of drug-likeness (QED) is 0.739. The second-order valence-electron chi connectivity index (χ2n) is 3.79. The molecule has 0 radical (unpaired) electrons. The first kappa shape index (κ1) is 15.0. The van der Waals surface area contributed by atoms with Gasteiger partial charge < -0.3 is 14.2 Å². The van der Waals surface area contributed by atoms with E-state index >= 15 is 0 Å². The summed E-state index contributed by atoms with van der Waals surface area (Å²) in [6, 6.07) is 6.52. The van der Waals surface area contributed by atoms with Gasteiger partial charge in [0.2, 0.25) is 0 Å². The van der Waals surface area contributed by atoms with Crippen molar-refractivity contribution >= 4 is 11.9 Å². The molecule has 19 heavy (non-hydrogen) atoms. The van der Waals surface area contributed by atoms with Crippen LogP contribution in [0.15, 0.2) is 24.3 Å². The van der Waals surface area contributed by atoms with Crippen molar-refractivity contribution in [3.63, 3.8) is 0 Å². The lowest BCUT2D eigenvalue weighted by atomic mass is 10.2. The molecule has 0 fully saturated rings. The molecule has 1 atom stereocenters. The SMILES string of the molecule is CCOC(=O)c1cccc(OC(CC)C(=O)OC)c1. The molecule has 104 valence electrons. The van der Waals surface area contributed by atoms with Gasteiger partial charge in [-0.2, -0.15) is 0 Å². The van der Waals surface area contributed by atoms with Gasteiger partial charge in [0.15, 0.2) is 6.10 Å². The van der Waals surface area contributed by atoms with Crippen LogP contribution >= 0.6 is 0 Å². The van der Waals surface area contributed by atoms with Crippen LogP contribution in [0.3, 0.4) is 0 Å². The molecule has 0 spiro atoms. The Labute approximate surface area is 112 Å². The van der Waals surface area contributed by atoms with E-state index in [1.54, 1.807) is 31.2 Å². The maximum Gasteiger partial charge on any atom is 0.347 e. The molecule has 0 saturated heterocycles. The molecule has 1 unspecified atom stereocenters. The van der Waals surface area contributed by atoms with Crippen molar-refractivity contribution in [2.45, 2.75) is 26.4 Å². The number of carbonyl (C=O) groups excluding carboxylic acids is 2. The number of methoxy groups -OCH3 is 1. The monoisotopic (exact) mass is 266 g/mol. The first-order valence-electron chi connectivity index (χ1n) is 6.14. The van der Waals surface area contributed by atoms with Crippen LogP contribution in [0.1, 0.15) is 30.6 Å². The Kier molecular flexibility index (Phi) is 5.85. The van der Waals surface area contributed by atoms with Gasteiger partial charge in [0.1, 0.15) is 5.75 Å². The molecule has 5 heteroatoms. The van der Waals surface area contributed by atoms with Crippen LogP contribution in [-0.4, -0.2) is 31.8 Å². The van der Waals surface area contributed by atoms with Crippen LogP contribution in [0.4, 0.5) is 0 Å². The summed E-state index contributed by atoms with van der Waals surface area (Å²) in [6.07, 6.45) is -0.196. The molecule has 0 amide bonds. The molecule has 0 saturated carbocycles. The van der Waals surface area contributed by atoms with Crippen LogP contribution in [-0.2, 0) is 14.3 Å². The lowest BCUT2D eigenvalue weighted by Crippen LogP contribution is -2.27. The molecule has 0 aromatic heterocycles. The Balaban J connectivity index is 2.81. The summed E-state index contributed by atoms with van der Waals surface area (Å²) in [5.41, 5.74) is 0.388. The van der Waals surface area contributed by atoms with Gasteiger partial charge in [0, 0.05) is 0 Å². The van der Waals surface area contributed by atoms with Gasteiger partial charge in [-0.3, -0.25) is 0 Å². The molecular weight excluding hydrogens is 248 g/mol. The van der Waals surface area contributed by atoms with Crippen LogP contribution in [0.2, 0.25) is 0 Å². The predicted octanol–water partition coefficient (Wildman–Crippen LogP) is 2.19. The van der Waals surface area contributed by atoms with Crippen LogP contribution < -0.4 is 4.74 Å². The summed E-state index contributed by atoms with van der Waals surface area (Å²) in [5.74, 6) is -0.425. The Morgan fingerprint density at radius 2 is 2.00 bits per heavy atom. The number of benzene rings is 1. The minimum absolute atomic E-state index is 0.309. The van der Waals surface area contributed by atoms with Crippen molar-refractivity contribution in [1.29, 1.82) is 0 Å². The molecule has 0 bridgehead atoms. The summed E-state index contributed by atoms with van der Waals surface area (Å²) >= 11 is 0. The average Bonchev–Trinajstić information content (AvgIpc) is 2.44. The second-order valence-corrected chi connectivity index (χ2v) is 3.79. The predicted molar refractivity (Wildman–Crippen MR) is 69.1 cm³/mol. The maximum absolute atomic E-state index is 11.6. The number of hydrogen-bond donors (Lipinski definition) is 0. The molecule has 0 aliphatic rings. The fraction of sp³-hybridized carbons (Fsp3) is 0.429. The molecule has 1 aromatic rings. The zero-order chi connectivity index (χ0) is 14.3. The largest absolute Gasteiger partial charge is 0.479 e. The van der Waals surface area contributed by atoms with Crippen molar-refractivity contribution in [3.8, 4) is 5.75 Å². The van der Waals surface area contributed by atoms with Gasteiger partial charge in [-0.1, -0.05) is 13.0 Å². The summed E-state index contributed by atoms with van der Waals surface area (Å²) < 4.78 is 15.0. The smallest absolute Gasteiger partial charge is 0.347 e. The molecule has 0 aliphatic carbocycles. The maximum atomic E-state index is 11.6. The zero-order valence-corrected chi connectivity index (χ0v) is 11.3. The number of carbonyl (C=O) groups is 2. The van der Waals surface area contributed by atoms with Gasteiger partial charge in [0.25, 0.3) is 0 Å². The summed E-state index contributed by atoms with van der Waals surface area (Å²) in [4.78, 5) is 23.0. The lowest BCUT2D eigenvalue weighted by molar-refractivity contribution is -0.148. The lowest BCUT2D eigenvalue weighted by Gasteiger charge is -2.15. The van der Waals surface area contributed by atoms with Crippen molar-refractivity contribution in [2.75, 3.05) is 13.7 Å². The topological polar surface area (TPSA) is 61.8 Å². The Hall–Kier alpha value is -2.04. The van der Waals surface area contributed by atoms with E-state index in [9.17, 15) is 9.59 Å². The highest BCUT2D eigenvalue weighted by Crippen LogP contribution is 2.17. The van der Waals surface area contributed by atoms with Crippen molar-refractivity contribution in [1.82, 2.24) is 0 Å². The van der Waals surface area contributed by atoms with Crippen LogP contribution in [0.5, 0.6) is 5.75 Å². The number of hydrogen-bond acceptors (Lipinski definition) is 5. The number of rotatable bonds is 6. The first-order chi connectivity index (χ1) is 9.12. The minimum Gasteiger partial charge on any atom is -0.479 e. The third-order valence-corrected chi connectivity index (χ3v) is 2.46. The highest BCUT2D eigenvalue weighted by atomic mass is 16.6. The first-order valence-corrected chi connectivity index (χ1v) is 6.14. The van der Waals surface area contributed by atoms with E-state index in [1.807, 2.05) is 6.92 Å². The summed E-state index contributed by atoms with van der Waals surface area (Å²) in [7, 11) is 1.31. The van der Waals surface area contributed by atoms with Crippen LogP contribution in [0, 0.1) is 0 Å². The van der Waals surface area contributed by atoms with E-state index in [4.69, 9.17) is 9.47 Å². The van der Waals surface area contributed by atoms with Gasteiger partial charge in [0.05, 0.1) is 19.3 Å². The summed E-state index contributed by atoms with van der Waals surface area (Å²) in [5, 5.41) is 0. The Morgan fingerprint density at radius 3 is 2.58 bits per heavy atom. The average molecular weight is 266 g/mol. The number of esters is 2. The standard InChI is InChI=1S/C14H18O5/c1-4-12(14(16)17-3)19-11-8-6-7-10(9-11)13(15)18-5-2/h6-9,12H,4-5H2,1-3H3. The highest BCUT2D eigenvalue weighted by Gasteiger charge is 2.19. The van der Waals surface area contributed by atoms with Crippen molar-refractivity contribution < 1.29 is 23.8 Å². The Bertz CT molecular complexity index is 441. The fourth-order valence-electron chi connectivity index (χ4n) is 1.50. The van der Waals surface area contributed by atoms with E-state index in [1.165, 1.54) is 7.11 Å². The third-order valence-electron chi connectivity index (χ3n) is 2.46. The molecule has 0 heterocycles. The van der Waals surface area contributed by atoms with E-state index in [-0.39, 0.29) is 0 Å². The fourth-order valence-corrected chi connectivity index (χ4v) is 1.50. The van der Waals surface area contributed by atoms with Gasteiger partial charge in [-0.05, 0) is 31.5 Å². The highest BCUT2D eigenvalue weighted by molar-refractivity contribution is 5.89. The molecular formula is C14H18O5. The normalized spacial score (nSPS) is 11.5. The molecule has 0 N–H and O–H groups in total. The third kappa shape index (κ3) is 4.28. The molecule has 1 aromatic carbocycles. The van der Waals surface area contributed by atoms with Crippen LogP contribution in [0.25, 0.3) is 0 Å². The van der Waals surface area contributed by atoms with E-state index in [0.717, 1.165) is 0 Å². The van der Waals surface area contributed by atoms with E-state index < -0.39 is 18.0 Å². The zero-order valence-electron chi connectivity index (χ0n) is 11.3. The molecule has 5 nitrogen and oxygen atoms in total. The van der Waals surface area contributed by atoms with Crippen molar-refractivity contribution in [3.05, 3.63) is 29.8 Å².